The predicted molar refractivity (Wildman–Crippen MR) is 376 cm³/mol. The van der Waals surface area contributed by atoms with Crippen LogP contribution in [0.2, 0.25) is 0 Å². The van der Waals surface area contributed by atoms with E-state index in [9.17, 15) is 19.0 Å². The molecule has 0 bridgehead atoms. The van der Waals surface area contributed by atoms with Crippen molar-refractivity contribution in [2.75, 3.05) is 47.5 Å². The molecule has 0 saturated carbocycles. The second-order valence-corrected chi connectivity index (χ2v) is 27.8. The fourth-order valence-corrected chi connectivity index (χ4v) is 11.6. The maximum absolute atomic E-state index is 12.9. The molecule has 0 aromatic rings. The average molecular weight is 1240 g/mol. The number of phosphoric ester groups is 1. The van der Waals surface area contributed by atoms with Gasteiger partial charge >= 0.3 is 19.8 Å². The summed E-state index contributed by atoms with van der Waals surface area (Å²) in [5, 5.41) is 0. The summed E-state index contributed by atoms with van der Waals surface area (Å²) in [6.45, 7) is 4.38. The third-order valence-electron chi connectivity index (χ3n) is 16.5. The van der Waals surface area contributed by atoms with Crippen LogP contribution in [0.15, 0.2) is 72.9 Å². The van der Waals surface area contributed by atoms with Crippen LogP contribution >= 0.6 is 7.82 Å². The summed E-state index contributed by atoms with van der Waals surface area (Å²) in [5.74, 6) is -0.778. The standard InChI is InChI=1S/C77H142NO8P/c1-6-8-10-12-14-16-18-20-22-24-26-28-30-32-34-35-36-37-38-39-40-41-42-43-44-46-48-50-52-54-56-58-60-62-64-66-68-70-77(80)86-75(74-85-87(81,82)84-72-71-78(3,4)5)73-83-76(79)69-67-65-63-61-59-57-55-53-51-49-47-45-33-31-29-27-25-23-21-19-17-15-13-11-9-7-2/h8,10,14,16,20,22,26,28,32,34,36-37,75H,6-7,9,11-13,15,17-19,21,23-25,27,29-31,33,35,38-74H2,1-5H3/p+1/b10-8-,16-14-,22-20-,28-26-,34-32-,37-36-. The molecule has 0 spiro atoms. The van der Waals surface area contributed by atoms with Crippen LogP contribution in [-0.4, -0.2) is 74.9 Å². The van der Waals surface area contributed by atoms with Crippen molar-refractivity contribution in [3.8, 4) is 0 Å². The van der Waals surface area contributed by atoms with Gasteiger partial charge in [0, 0.05) is 12.8 Å². The zero-order valence-electron chi connectivity index (χ0n) is 58.0. The summed E-state index contributed by atoms with van der Waals surface area (Å²) in [6.07, 6.45) is 91.7. The predicted octanol–water partition coefficient (Wildman–Crippen LogP) is 24.3. The molecule has 0 radical (unpaired) electrons. The van der Waals surface area contributed by atoms with Crippen molar-refractivity contribution in [2.24, 2.45) is 0 Å². The Morgan fingerprint density at radius 2 is 0.655 bits per heavy atom. The van der Waals surface area contributed by atoms with E-state index in [4.69, 9.17) is 18.5 Å². The van der Waals surface area contributed by atoms with Gasteiger partial charge in [-0.1, -0.05) is 350 Å². The summed E-state index contributed by atoms with van der Waals surface area (Å²) < 4.78 is 34.8. The van der Waals surface area contributed by atoms with Crippen molar-refractivity contribution in [3.63, 3.8) is 0 Å². The fraction of sp³-hybridized carbons (Fsp3) is 0.818. The van der Waals surface area contributed by atoms with E-state index in [2.05, 4.69) is 86.8 Å². The SMILES string of the molecule is CC/C=C\C/C=C\C/C=C\C/C=C\C/C=C\C/C=C\CCCCCCCCCCCCCCCCCCCCC(=O)OC(COC(=O)CCCCCCCCCCCCCCCCCCCCCCCCCCCC)COP(=O)(O)OCC[N+](C)(C)C. The molecule has 0 aromatic heterocycles. The smallest absolute Gasteiger partial charge is 0.462 e. The molecular weight excluding hydrogens is 1100 g/mol. The average Bonchev–Trinajstić information content (AvgIpc) is 3.56. The van der Waals surface area contributed by atoms with Crippen LogP contribution in [0.4, 0.5) is 0 Å². The molecule has 0 rings (SSSR count). The van der Waals surface area contributed by atoms with Gasteiger partial charge in [-0.05, 0) is 64.2 Å². The second-order valence-electron chi connectivity index (χ2n) is 26.3. The minimum atomic E-state index is -4.39. The van der Waals surface area contributed by atoms with Crippen molar-refractivity contribution in [2.45, 2.75) is 360 Å². The number of hydrogen-bond donors (Lipinski definition) is 1. The van der Waals surface area contributed by atoms with Crippen LogP contribution in [0.1, 0.15) is 354 Å². The molecule has 2 atom stereocenters. The van der Waals surface area contributed by atoms with Gasteiger partial charge in [0.2, 0.25) is 0 Å². The van der Waals surface area contributed by atoms with Crippen molar-refractivity contribution in [3.05, 3.63) is 72.9 Å². The van der Waals surface area contributed by atoms with Crippen LogP contribution in [0.25, 0.3) is 0 Å². The third-order valence-corrected chi connectivity index (χ3v) is 17.5. The molecule has 1 N–H and O–H groups in total. The summed E-state index contributed by atoms with van der Waals surface area (Å²) in [6, 6.07) is 0. The monoisotopic (exact) mass is 1240 g/mol. The summed E-state index contributed by atoms with van der Waals surface area (Å²) in [4.78, 5) is 35.9. The first-order valence-corrected chi connectivity index (χ1v) is 38.7. The molecule has 10 heteroatoms. The van der Waals surface area contributed by atoms with Crippen LogP contribution in [0.3, 0.4) is 0 Å². The number of likely N-dealkylation sites (N-methyl/N-ethyl adjacent to an activating group) is 1. The van der Waals surface area contributed by atoms with Crippen molar-refractivity contribution in [1.29, 1.82) is 0 Å². The first-order valence-electron chi connectivity index (χ1n) is 37.2. The molecule has 9 nitrogen and oxygen atoms in total. The second kappa shape index (κ2) is 67.8. The normalized spacial score (nSPS) is 13.5. The number of ether oxygens (including phenoxy) is 2. The van der Waals surface area contributed by atoms with E-state index in [-0.39, 0.29) is 25.6 Å². The molecule has 508 valence electrons. The molecule has 87 heavy (non-hydrogen) atoms. The van der Waals surface area contributed by atoms with Gasteiger partial charge in [0.25, 0.3) is 0 Å². The molecule has 0 aliphatic carbocycles. The van der Waals surface area contributed by atoms with Gasteiger partial charge in [-0.25, -0.2) is 4.57 Å². The van der Waals surface area contributed by atoms with Gasteiger partial charge in [-0.3, -0.25) is 18.6 Å². The van der Waals surface area contributed by atoms with E-state index in [1.165, 1.54) is 250 Å². The highest BCUT2D eigenvalue weighted by atomic mass is 31.2. The first-order chi connectivity index (χ1) is 42.5. The van der Waals surface area contributed by atoms with Crippen LogP contribution in [-0.2, 0) is 32.7 Å². The summed E-state index contributed by atoms with van der Waals surface area (Å²) >= 11 is 0. The highest BCUT2D eigenvalue weighted by Gasteiger charge is 2.27. The number of quaternary nitrogens is 1. The number of nitrogens with zero attached hydrogens (tertiary/aromatic N) is 1. The largest absolute Gasteiger partial charge is 0.472 e. The van der Waals surface area contributed by atoms with Gasteiger partial charge in [0.05, 0.1) is 27.7 Å². The van der Waals surface area contributed by atoms with Gasteiger partial charge in [-0.2, -0.15) is 0 Å². The Hall–Kier alpha value is -2.55. The Morgan fingerprint density at radius 3 is 0.977 bits per heavy atom. The lowest BCUT2D eigenvalue weighted by Crippen LogP contribution is -2.37. The van der Waals surface area contributed by atoms with Gasteiger partial charge in [0.15, 0.2) is 6.10 Å². The Morgan fingerprint density at radius 1 is 0.368 bits per heavy atom. The molecule has 0 aliphatic rings. The zero-order chi connectivity index (χ0) is 63.4. The lowest BCUT2D eigenvalue weighted by molar-refractivity contribution is -0.870. The minimum Gasteiger partial charge on any atom is -0.462 e. The van der Waals surface area contributed by atoms with Crippen molar-refractivity contribution < 1.29 is 42.1 Å². The number of rotatable bonds is 69. The summed E-state index contributed by atoms with van der Waals surface area (Å²) in [7, 11) is 1.49. The van der Waals surface area contributed by atoms with Crippen LogP contribution in [0, 0.1) is 0 Å². The number of esters is 2. The van der Waals surface area contributed by atoms with Gasteiger partial charge < -0.3 is 18.9 Å². The first kappa shape index (κ1) is 84.5. The molecule has 0 aliphatic heterocycles. The fourth-order valence-electron chi connectivity index (χ4n) is 10.8. The zero-order valence-corrected chi connectivity index (χ0v) is 58.9. The van der Waals surface area contributed by atoms with E-state index in [1.54, 1.807) is 0 Å². The molecular formula is C77H143NO8P+. The van der Waals surface area contributed by atoms with E-state index in [1.807, 2.05) is 21.1 Å². The molecule has 0 fully saturated rings. The van der Waals surface area contributed by atoms with E-state index >= 15 is 0 Å². The molecule has 0 amide bonds. The number of unbranched alkanes of at least 4 members (excludes halogenated alkanes) is 43. The number of allylic oxidation sites excluding steroid dienone is 12. The van der Waals surface area contributed by atoms with Crippen LogP contribution < -0.4 is 0 Å². The molecule has 0 heterocycles. The molecule has 0 saturated heterocycles. The van der Waals surface area contributed by atoms with Gasteiger partial charge in [0.1, 0.15) is 19.8 Å². The number of phosphoric acid groups is 1. The number of carbonyl (C=O) groups is 2. The maximum Gasteiger partial charge on any atom is 0.472 e. The van der Waals surface area contributed by atoms with Crippen LogP contribution in [0.5, 0.6) is 0 Å². The van der Waals surface area contributed by atoms with E-state index in [0.29, 0.717) is 23.9 Å². The Labute approximate surface area is 539 Å². The highest BCUT2D eigenvalue weighted by Crippen LogP contribution is 2.43. The van der Waals surface area contributed by atoms with E-state index in [0.717, 1.165) is 70.6 Å². The quantitative estimate of drug-likeness (QED) is 0.0211. The molecule has 0 aromatic carbocycles. The topological polar surface area (TPSA) is 108 Å². The lowest BCUT2D eigenvalue weighted by Gasteiger charge is -2.24. The molecule has 2 unspecified atom stereocenters. The maximum atomic E-state index is 12.9. The Balaban J connectivity index is 3.97. The number of hydrogen-bond acceptors (Lipinski definition) is 7. The highest BCUT2D eigenvalue weighted by molar-refractivity contribution is 7.47. The minimum absolute atomic E-state index is 0.0332. The Kier molecular flexibility index (Phi) is 65.8. The van der Waals surface area contributed by atoms with Gasteiger partial charge in [-0.15, -0.1) is 0 Å². The van der Waals surface area contributed by atoms with Crippen molar-refractivity contribution in [1.82, 2.24) is 0 Å². The number of carbonyl (C=O) groups excluding carboxylic acids is 2. The third kappa shape index (κ3) is 72.4. The Bertz CT molecular complexity index is 1700. The van der Waals surface area contributed by atoms with E-state index < -0.39 is 26.5 Å². The lowest BCUT2D eigenvalue weighted by atomic mass is 10.0. The van der Waals surface area contributed by atoms with Crippen molar-refractivity contribution >= 4 is 19.8 Å². The summed E-state index contributed by atoms with van der Waals surface area (Å²) in [5.41, 5.74) is 0.